The van der Waals surface area contributed by atoms with E-state index in [2.05, 4.69) is 38.1 Å². The van der Waals surface area contributed by atoms with Gasteiger partial charge in [-0.1, -0.05) is 35.5 Å². The average Bonchev–Trinajstić information content (AvgIpc) is 3.33. The van der Waals surface area contributed by atoms with Crippen LogP contribution in [0.3, 0.4) is 0 Å². The highest BCUT2D eigenvalue weighted by molar-refractivity contribution is 5.51. The fourth-order valence-corrected chi connectivity index (χ4v) is 2.82. The zero-order chi connectivity index (χ0) is 16.2. The molecule has 1 saturated heterocycles. The minimum absolute atomic E-state index is 0.406. The van der Waals surface area contributed by atoms with E-state index in [1.54, 1.807) is 0 Å². The molecular formula is C18H19N5O. The summed E-state index contributed by atoms with van der Waals surface area (Å²) >= 11 is 0. The first kappa shape index (κ1) is 15.0. The number of hydrogen-bond acceptors (Lipinski definition) is 6. The molecule has 2 N–H and O–H groups in total. The van der Waals surface area contributed by atoms with Crippen LogP contribution in [-0.2, 0) is 12.8 Å². The Hall–Kier alpha value is -2.57. The van der Waals surface area contributed by atoms with Crippen LogP contribution in [0.5, 0.6) is 0 Å². The second kappa shape index (κ2) is 6.90. The molecule has 0 aliphatic carbocycles. The van der Waals surface area contributed by atoms with E-state index < -0.39 is 0 Å². The minimum atomic E-state index is 0.406. The standard InChI is InChI=1S/C18H19N5O/c1-2-4-13(5-3-1)6-9-17-22-18(24-23-17)14-7-8-16(19-10-14)15-11-20-21-12-15/h1-5,7-8,10,15,20-21H,6,9,11-12H2. The number of benzene rings is 1. The number of hydrazine groups is 1. The van der Waals surface area contributed by atoms with Gasteiger partial charge in [0.15, 0.2) is 5.82 Å². The van der Waals surface area contributed by atoms with Crippen molar-refractivity contribution in [3.8, 4) is 11.5 Å². The van der Waals surface area contributed by atoms with Gasteiger partial charge in [-0.05, 0) is 24.1 Å². The third-order valence-electron chi connectivity index (χ3n) is 4.22. The molecule has 0 unspecified atom stereocenters. The first-order valence-electron chi connectivity index (χ1n) is 8.17. The Morgan fingerprint density at radius 1 is 1.00 bits per heavy atom. The number of nitrogens with one attached hydrogen (secondary N) is 2. The molecule has 1 aromatic carbocycles. The topological polar surface area (TPSA) is 75.9 Å². The normalized spacial score (nSPS) is 15.0. The molecular weight excluding hydrogens is 302 g/mol. The van der Waals surface area contributed by atoms with Crippen LogP contribution in [0.4, 0.5) is 0 Å². The Balaban J connectivity index is 1.42. The molecule has 2 aromatic heterocycles. The second-order valence-electron chi connectivity index (χ2n) is 5.93. The van der Waals surface area contributed by atoms with Gasteiger partial charge in [-0.25, -0.2) is 0 Å². The van der Waals surface area contributed by atoms with Crippen molar-refractivity contribution in [3.63, 3.8) is 0 Å². The largest absolute Gasteiger partial charge is 0.334 e. The molecule has 1 aliphatic rings. The highest BCUT2D eigenvalue weighted by Gasteiger charge is 2.18. The lowest BCUT2D eigenvalue weighted by Gasteiger charge is -2.06. The first-order valence-corrected chi connectivity index (χ1v) is 8.17. The van der Waals surface area contributed by atoms with Gasteiger partial charge in [0.05, 0.1) is 5.56 Å². The van der Waals surface area contributed by atoms with Crippen molar-refractivity contribution in [3.05, 3.63) is 65.7 Å². The number of aromatic nitrogens is 3. The summed E-state index contributed by atoms with van der Waals surface area (Å²) in [7, 11) is 0. The molecule has 0 spiro atoms. The molecule has 122 valence electrons. The van der Waals surface area contributed by atoms with Crippen molar-refractivity contribution in [1.29, 1.82) is 0 Å². The molecule has 4 rings (SSSR count). The van der Waals surface area contributed by atoms with E-state index >= 15 is 0 Å². The highest BCUT2D eigenvalue weighted by Crippen LogP contribution is 2.20. The molecule has 24 heavy (non-hydrogen) atoms. The fraction of sp³-hybridized carbons (Fsp3) is 0.278. The van der Waals surface area contributed by atoms with Crippen molar-refractivity contribution in [1.82, 2.24) is 26.0 Å². The summed E-state index contributed by atoms with van der Waals surface area (Å²) in [5.74, 6) is 1.66. The van der Waals surface area contributed by atoms with Crippen LogP contribution in [0.1, 0.15) is 23.0 Å². The smallest absolute Gasteiger partial charge is 0.259 e. The van der Waals surface area contributed by atoms with Gasteiger partial charge in [-0.15, -0.1) is 0 Å². The summed E-state index contributed by atoms with van der Waals surface area (Å²) in [6, 6.07) is 14.3. The molecule has 3 aromatic rings. The van der Waals surface area contributed by atoms with Gasteiger partial charge in [0.1, 0.15) is 0 Å². The van der Waals surface area contributed by atoms with E-state index in [0.29, 0.717) is 11.8 Å². The van der Waals surface area contributed by atoms with Gasteiger partial charge in [-0.2, -0.15) is 4.98 Å². The van der Waals surface area contributed by atoms with Crippen LogP contribution >= 0.6 is 0 Å². The summed E-state index contributed by atoms with van der Waals surface area (Å²) in [5, 5.41) is 4.07. The monoisotopic (exact) mass is 321 g/mol. The van der Waals surface area contributed by atoms with E-state index in [-0.39, 0.29) is 0 Å². The SMILES string of the molecule is c1ccc(CCc2noc(-c3ccc(C4CNNC4)nc3)n2)cc1. The van der Waals surface area contributed by atoms with Gasteiger partial charge >= 0.3 is 0 Å². The Bertz CT molecular complexity index is 779. The molecule has 0 bridgehead atoms. The van der Waals surface area contributed by atoms with Crippen molar-refractivity contribution in [2.75, 3.05) is 13.1 Å². The summed E-state index contributed by atoms with van der Waals surface area (Å²) in [6.07, 6.45) is 3.47. The highest BCUT2D eigenvalue weighted by atomic mass is 16.5. The lowest BCUT2D eigenvalue weighted by molar-refractivity contribution is 0.422. The molecule has 6 heteroatoms. The van der Waals surface area contributed by atoms with E-state index in [1.165, 1.54) is 5.56 Å². The van der Waals surface area contributed by atoms with Gasteiger partial charge in [0.2, 0.25) is 0 Å². The van der Waals surface area contributed by atoms with Crippen LogP contribution in [-0.4, -0.2) is 28.2 Å². The van der Waals surface area contributed by atoms with Crippen molar-refractivity contribution in [2.24, 2.45) is 0 Å². The number of rotatable bonds is 5. The molecule has 0 saturated carbocycles. The van der Waals surface area contributed by atoms with Crippen LogP contribution < -0.4 is 10.9 Å². The Morgan fingerprint density at radius 2 is 1.83 bits per heavy atom. The Morgan fingerprint density at radius 3 is 2.58 bits per heavy atom. The lowest BCUT2D eigenvalue weighted by atomic mass is 10.1. The molecule has 3 heterocycles. The zero-order valence-electron chi connectivity index (χ0n) is 13.3. The van der Waals surface area contributed by atoms with Crippen LogP contribution in [0.15, 0.2) is 53.2 Å². The van der Waals surface area contributed by atoms with Crippen molar-refractivity contribution in [2.45, 2.75) is 18.8 Å². The van der Waals surface area contributed by atoms with Crippen LogP contribution in [0.25, 0.3) is 11.5 Å². The molecule has 0 radical (unpaired) electrons. The third-order valence-corrected chi connectivity index (χ3v) is 4.22. The van der Waals surface area contributed by atoms with Crippen molar-refractivity contribution >= 4 is 0 Å². The molecule has 6 nitrogen and oxygen atoms in total. The molecule has 0 amide bonds. The summed E-state index contributed by atoms with van der Waals surface area (Å²) in [6.45, 7) is 1.80. The maximum absolute atomic E-state index is 5.38. The van der Waals surface area contributed by atoms with Crippen LogP contribution in [0, 0.1) is 0 Å². The maximum Gasteiger partial charge on any atom is 0.259 e. The van der Waals surface area contributed by atoms with Gasteiger partial charge in [0, 0.05) is 37.3 Å². The quantitative estimate of drug-likeness (QED) is 0.749. The third kappa shape index (κ3) is 3.34. The van der Waals surface area contributed by atoms with Crippen LogP contribution in [0.2, 0.25) is 0 Å². The van der Waals surface area contributed by atoms with E-state index in [0.717, 1.165) is 43.0 Å². The van der Waals surface area contributed by atoms with Gasteiger partial charge < -0.3 is 4.52 Å². The summed E-state index contributed by atoms with van der Waals surface area (Å²) in [4.78, 5) is 9.01. The minimum Gasteiger partial charge on any atom is -0.334 e. The predicted octanol–water partition coefficient (Wildman–Crippen LogP) is 2.11. The van der Waals surface area contributed by atoms with Crippen molar-refractivity contribution < 1.29 is 4.52 Å². The number of aryl methyl sites for hydroxylation is 2. The van der Waals surface area contributed by atoms with E-state index in [9.17, 15) is 0 Å². The molecule has 1 aliphatic heterocycles. The molecule has 1 fully saturated rings. The molecule has 0 atom stereocenters. The Labute approximate surface area is 140 Å². The maximum atomic E-state index is 5.38. The summed E-state index contributed by atoms with van der Waals surface area (Å²) < 4.78 is 5.38. The van der Waals surface area contributed by atoms with E-state index in [1.807, 2.05) is 36.5 Å². The number of pyridine rings is 1. The first-order chi connectivity index (χ1) is 11.9. The lowest BCUT2D eigenvalue weighted by Crippen LogP contribution is -2.21. The second-order valence-corrected chi connectivity index (χ2v) is 5.93. The summed E-state index contributed by atoms with van der Waals surface area (Å²) in [5.41, 5.74) is 9.43. The van der Waals surface area contributed by atoms with E-state index in [4.69, 9.17) is 4.52 Å². The fourth-order valence-electron chi connectivity index (χ4n) is 2.82. The van der Waals surface area contributed by atoms with Gasteiger partial charge in [-0.3, -0.25) is 15.8 Å². The number of nitrogens with zero attached hydrogens (tertiary/aromatic N) is 3. The van der Waals surface area contributed by atoms with Gasteiger partial charge in [0.25, 0.3) is 5.89 Å². The average molecular weight is 321 g/mol. The predicted molar refractivity (Wildman–Crippen MR) is 90.1 cm³/mol. The number of hydrogen-bond donors (Lipinski definition) is 2. The zero-order valence-corrected chi connectivity index (χ0v) is 13.3. The Kier molecular flexibility index (Phi) is 4.31.